The van der Waals surface area contributed by atoms with E-state index in [0.717, 1.165) is 12.8 Å². The molecule has 1 rings (SSSR count). The van der Waals surface area contributed by atoms with Gasteiger partial charge in [-0.25, -0.2) is 0 Å². The van der Waals surface area contributed by atoms with Crippen molar-refractivity contribution in [2.45, 2.75) is 32.2 Å². The van der Waals surface area contributed by atoms with Crippen LogP contribution in [0.3, 0.4) is 0 Å². The van der Waals surface area contributed by atoms with Gasteiger partial charge in [-0.05, 0) is 12.8 Å². The van der Waals surface area contributed by atoms with Crippen molar-refractivity contribution in [3.05, 3.63) is 12.4 Å². The van der Waals surface area contributed by atoms with Crippen molar-refractivity contribution in [2.75, 3.05) is 13.7 Å². The monoisotopic (exact) mass is 225 g/mol. The van der Waals surface area contributed by atoms with Gasteiger partial charge in [0, 0.05) is 5.54 Å². The van der Waals surface area contributed by atoms with E-state index in [1.165, 1.54) is 6.20 Å². The fourth-order valence-corrected chi connectivity index (χ4v) is 1.17. The van der Waals surface area contributed by atoms with E-state index in [1.54, 1.807) is 13.3 Å². The number of nitrogens with two attached hydrogens (primary N) is 1. The zero-order valence-electron chi connectivity index (χ0n) is 10.1. The van der Waals surface area contributed by atoms with Crippen LogP contribution < -0.4 is 15.2 Å². The summed E-state index contributed by atoms with van der Waals surface area (Å²) in [6, 6.07) is 0. The second-order valence-electron chi connectivity index (χ2n) is 3.76. The van der Waals surface area contributed by atoms with Crippen LogP contribution in [-0.2, 0) is 0 Å². The van der Waals surface area contributed by atoms with E-state index < -0.39 is 0 Å². The molecule has 0 aromatic carbocycles. The van der Waals surface area contributed by atoms with Crippen LogP contribution in [-0.4, -0.2) is 29.2 Å². The van der Waals surface area contributed by atoms with Gasteiger partial charge in [-0.15, -0.1) is 0 Å². The Morgan fingerprint density at radius 1 is 1.25 bits per heavy atom. The summed E-state index contributed by atoms with van der Waals surface area (Å²) < 4.78 is 10.5. The van der Waals surface area contributed by atoms with E-state index in [4.69, 9.17) is 15.2 Å². The van der Waals surface area contributed by atoms with Crippen molar-refractivity contribution in [1.82, 2.24) is 9.97 Å². The summed E-state index contributed by atoms with van der Waals surface area (Å²) in [5.74, 6) is 0.879. The average Bonchev–Trinajstić information content (AvgIpc) is 2.36. The largest absolute Gasteiger partial charge is 0.480 e. The minimum Gasteiger partial charge on any atom is -0.480 e. The van der Waals surface area contributed by atoms with E-state index in [-0.39, 0.29) is 5.54 Å². The number of hydrogen-bond donors (Lipinski definition) is 1. The first-order valence-electron chi connectivity index (χ1n) is 5.41. The molecule has 16 heavy (non-hydrogen) atoms. The van der Waals surface area contributed by atoms with E-state index in [9.17, 15) is 0 Å². The lowest BCUT2D eigenvalue weighted by Gasteiger charge is -2.25. The first kappa shape index (κ1) is 12.7. The normalized spacial score (nSPS) is 11.2. The molecule has 0 saturated carbocycles. The van der Waals surface area contributed by atoms with Gasteiger partial charge >= 0.3 is 0 Å². The lowest BCUT2D eigenvalue weighted by molar-refractivity contribution is 0.198. The Kier molecular flexibility index (Phi) is 4.49. The Labute approximate surface area is 96.0 Å². The van der Waals surface area contributed by atoms with E-state index in [0.29, 0.717) is 18.4 Å². The Morgan fingerprint density at radius 2 is 1.88 bits per heavy atom. The minimum atomic E-state index is -0.301. The minimum absolute atomic E-state index is 0.301. The zero-order valence-corrected chi connectivity index (χ0v) is 10.1. The summed E-state index contributed by atoms with van der Waals surface area (Å²) in [6.07, 6.45) is 4.80. The third-order valence-electron chi connectivity index (χ3n) is 2.72. The highest BCUT2D eigenvalue weighted by Gasteiger charge is 2.21. The standard InChI is InChI=1S/C11H19N3O2/c1-4-11(12,5-2)8-16-10-7-13-6-9(14-10)15-3/h6-7H,4-5,8,12H2,1-3H3. The van der Waals surface area contributed by atoms with Crippen molar-refractivity contribution < 1.29 is 9.47 Å². The number of nitrogens with zero attached hydrogens (tertiary/aromatic N) is 2. The van der Waals surface area contributed by atoms with Crippen LogP contribution in [0.2, 0.25) is 0 Å². The molecule has 5 nitrogen and oxygen atoms in total. The summed E-state index contributed by atoms with van der Waals surface area (Å²) in [4.78, 5) is 8.05. The van der Waals surface area contributed by atoms with Gasteiger partial charge in [-0.1, -0.05) is 13.8 Å². The summed E-state index contributed by atoms with van der Waals surface area (Å²) >= 11 is 0. The lowest BCUT2D eigenvalue weighted by Crippen LogP contribution is -2.44. The SMILES string of the molecule is CCC(N)(CC)COc1cncc(OC)n1. The molecule has 0 aliphatic heterocycles. The summed E-state index contributed by atoms with van der Waals surface area (Å²) in [6.45, 7) is 4.52. The maximum atomic E-state index is 6.11. The number of ether oxygens (including phenoxy) is 2. The van der Waals surface area contributed by atoms with Crippen LogP contribution in [0, 0.1) is 0 Å². The van der Waals surface area contributed by atoms with E-state index in [2.05, 4.69) is 9.97 Å². The average molecular weight is 225 g/mol. The van der Waals surface area contributed by atoms with Crippen LogP contribution in [0.5, 0.6) is 11.8 Å². The molecule has 0 aliphatic carbocycles. The van der Waals surface area contributed by atoms with Crippen molar-refractivity contribution in [2.24, 2.45) is 5.73 Å². The second kappa shape index (κ2) is 5.65. The Morgan fingerprint density at radius 3 is 2.44 bits per heavy atom. The lowest BCUT2D eigenvalue weighted by atomic mass is 9.96. The summed E-state index contributed by atoms with van der Waals surface area (Å²) in [5.41, 5.74) is 5.81. The Balaban J connectivity index is 2.60. The fraction of sp³-hybridized carbons (Fsp3) is 0.636. The quantitative estimate of drug-likeness (QED) is 0.792. The number of hydrogen-bond acceptors (Lipinski definition) is 5. The van der Waals surface area contributed by atoms with Gasteiger partial charge in [-0.2, -0.15) is 4.98 Å². The first-order valence-corrected chi connectivity index (χ1v) is 5.41. The topological polar surface area (TPSA) is 70.3 Å². The predicted octanol–water partition coefficient (Wildman–Crippen LogP) is 1.38. The van der Waals surface area contributed by atoms with Crippen molar-refractivity contribution in [3.8, 4) is 11.8 Å². The van der Waals surface area contributed by atoms with Gasteiger partial charge in [0.2, 0.25) is 11.8 Å². The van der Waals surface area contributed by atoms with Crippen molar-refractivity contribution in [1.29, 1.82) is 0 Å². The van der Waals surface area contributed by atoms with Crippen molar-refractivity contribution in [3.63, 3.8) is 0 Å². The Bertz CT molecular complexity index is 327. The highest BCUT2D eigenvalue weighted by Crippen LogP contribution is 2.15. The molecular weight excluding hydrogens is 206 g/mol. The maximum Gasteiger partial charge on any atom is 0.235 e. The Hall–Kier alpha value is -1.36. The predicted molar refractivity (Wildman–Crippen MR) is 61.6 cm³/mol. The molecule has 0 unspecified atom stereocenters. The van der Waals surface area contributed by atoms with Crippen LogP contribution >= 0.6 is 0 Å². The smallest absolute Gasteiger partial charge is 0.235 e. The van der Waals surface area contributed by atoms with Gasteiger partial charge in [-0.3, -0.25) is 4.98 Å². The van der Waals surface area contributed by atoms with Crippen LogP contribution in [0.15, 0.2) is 12.4 Å². The first-order chi connectivity index (χ1) is 7.63. The molecule has 0 aliphatic rings. The molecule has 0 amide bonds. The molecule has 1 heterocycles. The molecule has 2 N–H and O–H groups in total. The van der Waals surface area contributed by atoms with Crippen LogP contribution in [0.1, 0.15) is 26.7 Å². The highest BCUT2D eigenvalue weighted by atomic mass is 16.5. The molecule has 0 fully saturated rings. The second-order valence-corrected chi connectivity index (χ2v) is 3.76. The van der Waals surface area contributed by atoms with Crippen LogP contribution in [0.25, 0.3) is 0 Å². The van der Waals surface area contributed by atoms with Crippen LogP contribution in [0.4, 0.5) is 0 Å². The van der Waals surface area contributed by atoms with E-state index in [1.807, 2.05) is 13.8 Å². The zero-order chi connectivity index (χ0) is 12.0. The van der Waals surface area contributed by atoms with Gasteiger partial charge in [0.25, 0.3) is 0 Å². The maximum absolute atomic E-state index is 6.11. The molecule has 1 aromatic rings. The molecule has 0 radical (unpaired) electrons. The number of methoxy groups -OCH3 is 1. The van der Waals surface area contributed by atoms with Gasteiger partial charge in [0.05, 0.1) is 19.5 Å². The molecule has 1 aromatic heterocycles. The molecular formula is C11H19N3O2. The fourth-order valence-electron chi connectivity index (χ4n) is 1.17. The van der Waals surface area contributed by atoms with Gasteiger partial charge in [0.15, 0.2) is 0 Å². The molecule has 0 bridgehead atoms. The summed E-state index contributed by atoms with van der Waals surface area (Å²) in [7, 11) is 1.54. The highest BCUT2D eigenvalue weighted by molar-refractivity contribution is 5.12. The third-order valence-corrected chi connectivity index (χ3v) is 2.72. The number of aromatic nitrogens is 2. The number of rotatable bonds is 6. The van der Waals surface area contributed by atoms with E-state index >= 15 is 0 Å². The molecule has 0 saturated heterocycles. The van der Waals surface area contributed by atoms with Gasteiger partial charge < -0.3 is 15.2 Å². The molecule has 90 valence electrons. The van der Waals surface area contributed by atoms with Gasteiger partial charge in [0.1, 0.15) is 6.61 Å². The van der Waals surface area contributed by atoms with Crippen molar-refractivity contribution >= 4 is 0 Å². The summed E-state index contributed by atoms with van der Waals surface area (Å²) in [5, 5.41) is 0. The third kappa shape index (κ3) is 3.34. The molecule has 0 atom stereocenters. The molecule has 5 heteroatoms. The molecule has 0 spiro atoms.